The molecule has 4 nitrogen and oxygen atoms in total. The molecule has 2 aromatic rings. The van der Waals surface area contributed by atoms with Crippen molar-refractivity contribution in [1.29, 1.82) is 0 Å². The van der Waals surface area contributed by atoms with Crippen molar-refractivity contribution >= 4 is 46.8 Å². The van der Waals surface area contributed by atoms with Gasteiger partial charge in [-0.25, -0.2) is 0 Å². The topological polar surface area (TPSA) is 49.4 Å². The smallest absolute Gasteiger partial charge is 0.242 e. The minimum atomic E-state index is -0.583. The lowest BCUT2D eigenvalue weighted by Crippen LogP contribution is -2.50. The molecule has 1 atom stereocenters. The highest BCUT2D eigenvalue weighted by Crippen LogP contribution is 2.24. The quantitative estimate of drug-likeness (QED) is 0.520. The summed E-state index contributed by atoms with van der Waals surface area (Å²) in [6.45, 7) is 2.07. The molecule has 0 bridgehead atoms. The van der Waals surface area contributed by atoms with E-state index in [2.05, 4.69) is 5.32 Å². The van der Waals surface area contributed by atoms with Crippen LogP contribution in [0.2, 0.25) is 10.0 Å². The van der Waals surface area contributed by atoms with E-state index in [4.69, 9.17) is 23.2 Å². The number of benzene rings is 2. The molecule has 1 aliphatic carbocycles. The largest absolute Gasteiger partial charge is 0.352 e. The average molecular weight is 465 g/mol. The van der Waals surface area contributed by atoms with Crippen LogP contribution in [-0.4, -0.2) is 34.6 Å². The first kappa shape index (κ1) is 23.0. The summed E-state index contributed by atoms with van der Waals surface area (Å²) in [6.07, 6.45) is 4.28. The minimum Gasteiger partial charge on any atom is -0.352 e. The first-order valence-corrected chi connectivity index (χ1v) is 11.9. The van der Waals surface area contributed by atoms with Crippen molar-refractivity contribution < 1.29 is 9.59 Å². The van der Waals surface area contributed by atoms with Gasteiger partial charge in [-0.1, -0.05) is 54.2 Å². The minimum absolute atomic E-state index is 0.107. The first-order valence-electron chi connectivity index (χ1n) is 10.2. The van der Waals surface area contributed by atoms with Crippen molar-refractivity contribution in [2.75, 3.05) is 5.75 Å². The first-order chi connectivity index (χ1) is 14.4. The molecule has 1 fully saturated rings. The Morgan fingerprint density at radius 1 is 1.10 bits per heavy atom. The van der Waals surface area contributed by atoms with Crippen LogP contribution in [0.4, 0.5) is 0 Å². The molecule has 2 aromatic carbocycles. The molecule has 1 saturated carbocycles. The number of hydrogen-bond acceptors (Lipinski definition) is 3. The van der Waals surface area contributed by atoms with Gasteiger partial charge in [0.15, 0.2) is 0 Å². The van der Waals surface area contributed by atoms with Gasteiger partial charge in [0, 0.05) is 27.5 Å². The van der Waals surface area contributed by atoms with Crippen LogP contribution in [0.3, 0.4) is 0 Å². The second-order valence-electron chi connectivity index (χ2n) is 7.52. The number of amides is 2. The van der Waals surface area contributed by atoms with Gasteiger partial charge in [0.2, 0.25) is 11.8 Å². The zero-order valence-corrected chi connectivity index (χ0v) is 19.3. The van der Waals surface area contributed by atoms with Gasteiger partial charge >= 0.3 is 0 Å². The Morgan fingerprint density at radius 2 is 1.77 bits per heavy atom. The molecule has 3 rings (SSSR count). The number of carbonyl (C=O) groups is 2. The predicted molar refractivity (Wildman–Crippen MR) is 124 cm³/mol. The molecule has 0 heterocycles. The zero-order chi connectivity index (χ0) is 21.5. The molecule has 0 aromatic heterocycles. The Hall–Kier alpha value is -1.69. The summed E-state index contributed by atoms with van der Waals surface area (Å²) in [5.74, 6) is 0.00961. The number of rotatable bonds is 8. The molecule has 160 valence electrons. The molecule has 0 unspecified atom stereocenters. The lowest BCUT2D eigenvalue weighted by atomic mass is 10.1. The lowest BCUT2D eigenvalue weighted by Gasteiger charge is -2.30. The van der Waals surface area contributed by atoms with E-state index in [0.29, 0.717) is 16.6 Å². The SMILES string of the molecule is C[C@H](C(=O)NC1CCCC1)N(Cc1ccccc1Cl)C(=O)CSc1ccc(Cl)cc1. The lowest BCUT2D eigenvalue weighted by molar-refractivity contribution is -0.138. The van der Waals surface area contributed by atoms with Crippen LogP contribution in [0.25, 0.3) is 0 Å². The summed E-state index contributed by atoms with van der Waals surface area (Å²) in [6, 6.07) is 14.4. The van der Waals surface area contributed by atoms with E-state index in [1.807, 2.05) is 30.3 Å². The number of carbonyl (C=O) groups excluding carboxylic acids is 2. The van der Waals surface area contributed by atoms with Crippen LogP contribution in [0, 0.1) is 0 Å². The predicted octanol–water partition coefficient (Wildman–Crippen LogP) is 5.56. The van der Waals surface area contributed by atoms with Crippen LogP contribution < -0.4 is 5.32 Å². The molecule has 1 N–H and O–H groups in total. The number of hydrogen-bond donors (Lipinski definition) is 1. The standard InChI is InChI=1S/C23H26Cl2N2O2S/c1-16(23(29)26-19-7-3-4-8-19)27(14-17-6-2-5-9-21(17)25)22(28)15-30-20-12-10-18(24)11-13-20/h2,5-6,9-13,16,19H,3-4,7-8,14-15H2,1H3,(H,26,29)/t16-/m1/s1. The highest BCUT2D eigenvalue weighted by molar-refractivity contribution is 8.00. The Balaban J connectivity index is 1.71. The van der Waals surface area contributed by atoms with E-state index in [1.165, 1.54) is 11.8 Å². The van der Waals surface area contributed by atoms with Crippen LogP contribution in [0.15, 0.2) is 53.4 Å². The van der Waals surface area contributed by atoms with Crippen LogP contribution in [0.5, 0.6) is 0 Å². The molecule has 0 radical (unpaired) electrons. The van der Waals surface area contributed by atoms with E-state index in [1.54, 1.807) is 30.0 Å². The van der Waals surface area contributed by atoms with Gasteiger partial charge in [-0.15, -0.1) is 11.8 Å². The number of nitrogens with one attached hydrogen (secondary N) is 1. The summed E-state index contributed by atoms with van der Waals surface area (Å²) in [5.41, 5.74) is 0.824. The monoisotopic (exact) mass is 464 g/mol. The van der Waals surface area contributed by atoms with E-state index in [0.717, 1.165) is 36.1 Å². The summed E-state index contributed by atoms with van der Waals surface area (Å²) in [5, 5.41) is 4.35. The third-order valence-electron chi connectivity index (χ3n) is 5.34. The molecule has 2 amide bonds. The molecule has 0 saturated heterocycles. The Bertz CT molecular complexity index is 870. The maximum absolute atomic E-state index is 13.1. The van der Waals surface area contributed by atoms with E-state index in [9.17, 15) is 9.59 Å². The van der Waals surface area contributed by atoms with Crippen molar-refractivity contribution in [2.24, 2.45) is 0 Å². The molecule has 0 spiro atoms. The van der Waals surface area contributed by atoms with Crippen molar-refractivity contribution in [3.8, 4) is 0 Å². The van der Waals surface area contributed by atoms with Crippen molar-refractivity contribution in [3.05, 3.63) is 64.1 Å². The van der Waals surface area contributed by atoms with Crippen LogP contribution >= 0.6 is 35.0 Å². The maximum Gasteiger partial charge on any atom is 0.242 e. The van der Waals surface area contributed by atoms with Crippen molar-refractivity contribution in [2.45, 2.75) is 56.1 Å². The maximum atomic E-state index is 13.1. The highest BCUT2D eigenvalue weighted by atomic mass is 35.5. The van der Waals surface area contributed by atoms with Crippen molar-refractivity contribution in [3.63, 3.8) is 0 Å². The molecule has 30 heavy (non-hydrogen) atoms. The number of nitrogens with zero attached hydrogens (tertiary/aromatic N) is 1. The summed E-state index contributed by atoms with van der Waals surface area (Å²) < 4.78 is 0. The molecular weight excluding hydrogens is 439 g/mol. The third-order valence-corrected chi connectivity index (χ3v) is 6.96. The Labute approximate surface area is 192 Å². The number of thioether (sulfide) groups is 1. The summed E-state index contributed by atoms with van der Waals surface area (Å²) >= 11 is 13.7. The van der Waals surface area contributed by atoms with Gasteiger partial charge in [0.1, 0.15) is 6.04 Å². The zero-order valence-electron chi connectivity index (χ0n) is 16.9. The molecular formula is C23H26Cl2N2O2S. The number of halogens is 2. The Kier molecular flexibility index (Phi) is 8.49. The average Bonchev–Trinajstić information content (AvgIpc) is 3.25. The normalized spacial score (nSPS) is 15.0. The van der Waals surface area contributed by atoms with Crippen LogP contribution in [0.1, 0.15) is 38.2 Å². The fourth-order valence-electron chi connectivity index (χ4n) is 3.54. The van der Waals surface area contributed by atoms with Gasteiger partial charge in [-0.2, -0.15) is 0 Å². The second-order valence-corrected chi connectivity index (χ2v) is 9.41. The molecule has 0 aliphatic heterocycles. The van der Waals surface area contributed by atoms with Gasteiger partial charge in [0.25, 0.3) is 0 Å². The van der Waals surface area contributed by atoms with E-state index >= 15 is 0 Å². The fraction of sp³-hybridized carbons (Fsp3) is 0.391. The van der Waals surface area contributed by atoms with Gasteiger partial charge in [0.05, 0.1) is 5.75 Å². The highest BCUT2D eigenvalue weighted by Gasteiger charge is 2.28. The van der Waals surface area contributed by atoms with Crippen molar-refractivity contribution in [1.82, 2.24) is 10.2 Å². The molecule has 1 aliphatic rings. The summed E-state index contributed by atoms with van der Waals surface area (Å²) in [7, 11) is 0. The van der Waals surface area contributed by atoms with E-state index < -0.39 is 6.04 Å². The fourth-order valence-corrected chi connectivity index (χ4v) is 4.65. The van der Waals surface area contributed by atoms with Crippen LogP contribution in [-0.2, 0) is 16.1 Å². The van der Waals surface area contributed by atoms with Gasteiger partial charge < -0.3 is 10.2 Å². The second kappa shape index (κ2) is 11.1. The van der Waals surface area contributed by atoms with Gasteiger partial charge in [-0.05, 0) is 55.7 Å². The van der Waals surface area contributed by atoms with Gasteiger partial charge in [-0.3, -0.25) is 9.59 Å². The third kappa shape index (κ3) is 6.40. The molecule has 7 heteroatoms. The van der Waals surface area contributed by atoms with E-state index in [-0.39, 0.29) is 23.6 Å². The summed E-state index contributed by atoms with van der Waals surface area (Å²) in [4.78, 5) is 28.6. The Morgan fingerprint density at radius 3 is 2.43 bits per heavy atom.